The molecule has 1 heterocycles. The predicted octanol–water partition coefficient (Wildman–Crippen LogP) is 1.50. The molecule has 2 atom stereocenters. The number of carbonyl (C=O) groups is 1. The minimum absolute atomic E-state index is 0.398. The standard InChI is InChI=1S/C11H19N3O2S/c1-3-8(2)14-5-4-9(13-14)6-17-7-10(12)11(15)16/h4-5,8,10H,3,6-7,12H2,1-2H3,(H,15,16). The molecule has 17 heavy (non-hydrogen) atoms. The molecule has 96 valence electrons. The van der Waals surface area contributed by atoms with Crippen molar-refractivity contribution in [2.24, 2.45) is 5.73 Å². The second kappa shape index (κ2) is 6.66. The second-order valence-corrected chi connectivity index (χ2v) is 5.03. The molecular formula is C11H19N3O2S. The lowest BCUT2D eigenvalue weighted by molar-refractivity contribution is -0.137. The van der Waals surface area contributed by atoms with Crippen molar-refractivity contribution >= 4 is 17.7 Å². The summed E-state index contributed by atoms with van der Waals surface area (Å²) in [6.07, 6.45) is 3.00. The third-order valence-electron chi connectivity index (χ3n) is 2.57. The van der Waals surface area contributed by atoms with Crippen molar-refractivity contribution in [1.82, 2.24) is 9.78 Å². The molecule has 3 N–H and O–H groups in total. The van der Waals surface area contributed by atoms with Crippen LogP contribution in [-0.2, 0) is 10.5 Å². The molecule has 0 aromatic carbocycles. The molecule has 1 rings (SSSR count). The van der Waals surface area contributed by atoms with Crippen LogP contribution in [0.1, 0.15) is 32.0 Å². The minimum atomic E-state index is -0.956. The van der Waals surface area contributed by atoms with Crippen molar-refractivity contribution in [3.8, 4) is 0 Å². The number of hydrogen-bond donors (Lipinski definition) is 2. The van der Waals surface area contributed by atoms with E-state index in [9.17, 15) is 4.79 Å². The summed E-state index contributed by atoms with van der Waals surface area (Å²) in [6.45, 7) is 4.23. The van der Waals surface area contributed by atoms with Gasteiger partial charge in [0.25, 0.3) is 0 Å². The van der Waals surface area contributed by atoms with Crippen LogP contribution < -0.4 is 5.73 Å². The Morgan fingerprint density at radius 3 is 3.00 bits per heavy atom. The number of nitrogens with zero attached hydrogens (tertiary/aromatic N) is 2. The summed E-state index contributed by atoms with van der Waals surface area (Å²) in [7, 11) is 0. The topological polar surface area (TPSA) is 81.1 Å². The Morgan fingerprint density at radius 1 is 1.71 bits per heavy atom. The van der Waals surface area contributed by atoms with E-state index in [1.807, 2.05) is 16.9 Å². The average Bonchev–Trinajstić information content (AvgIpc) is 2.76. The molecule has 0 aliphatic carbocycles. The lowest BCUT2D eigenvalue weighted by Gasteiger charge is -2.08. The summed E-state index contributed by atoms with van der Waals surface area (Å²) >= 11 is 1.49. The lowest BCUT2D eigenvalue weighted by atomic mass is 10.3. The Balaban J connectivity index is 2.37. The van der Waals surface area contributed by atoms with E-state index in [0.717, 1.165) is 12.1 Å². The van der Waals surface area contributed by atoms with Gasteiger partial charge in [0.2, 0.25) is 0 Å². The maximum Gasteiger partial charge on any atom is 0.321 e. The highest BCUT2D eigenvalue weighted by Gasteiger charge is 2.11. The molecule has 0 saturated carbocycles. The van der Waals surface area contributed by atoms with Crippen molar-refractivity contribution in [2.45, 2.75) is 38.1 Å². The minimum Gasteiger partial charge on any atom is -0.480 e. The number of nitrogens with two attached hydrogens (primary N) is 1. The molecule has 0 bridgehead atoms. The van der Waals surface area contributed by atoms with Crippen LogP contribution in [-0.4, -0.2) is 32.7 Å². The fourth-order valence-electron chi connectivity index (χ4n) is 1.25. The molecule has 0 amide bonds. The monoisotopic (exact) mass is 257 g/mol. The number of aliphatic carboxylic acids is 1. The first kappa shape index (κ1) is 14.1. The molecule has 6 heteroatoms. The number of aromatic nitrogens is 2. The second-order valence-electron chi connectivity index (χ2n) is 4.00. The first-order valence-corrected chi connectivity index (χ1v) is 6.80. The summed E-state index contributed by atoms with van der Waals surface area (Å²) in [5.74, 6) is 0.151. The first-order chi connectivity index (χ1) is 8.04. The number of carboxylic acids is 1. The van der Waals surface area contributed by atoms with E-state index in [1.54, 1.807) is 0 Å². The van der Waals surface area contributed by atoms with Gasteiger partial charge in [-0.3, -0.25) is 9.48 Å². The van der Waals surface area contributed by atoms with Crippen molar-refractivity contribution < 1.29 is 9.90 Å². The van der Waals surface area contributed by atoms with Gasteiger partial charge in [-0.05, 0) is 19.4 Å². The molecule has 0 saturated heterocycles. The van der Waals surface area contributed by atoms with E-state index in [1.165, 1.54) is 11.8 Å². The Bertz CT molecular complexity index is 367. The Morgan fingerprint density at radius 2 is 2.41 bits per heavy atom. The van der Waals surface area contributed by atoms with Crippen LogP contribution in [0.2, 0.25) is 0 Å². The largest absolute Gasteiger partial charge is 0.480 e. The van der Waals surface area contributed by atoms with Gasteiger partial charge >= 0.3 is 5.97 Å². The van der Waals surface area contributed by atoms with E-state index < -0.39 is 12.0 Å². The molecule has 0 aliphatic rings. The summed E-state index contributed by atoms with van der Waals surface area (Å²) in [4.78, 5) is 10.5. The van der Waals surface area contributed by atoms with E-state index in [2.05, 4.69) is 18.9 Å². The molecule has 0 aliphatic heterocycles. The highest BCUT2D eigenvalue weighted by atomic mass is 32.2. The first-order valence-electron chi connectivity index (χ1n) is 5.64. The Kier molecular flexibility index (Phi) is 5.50. The van der Waals surface area contributed by atoms with Crippen molar-refractivity contribution in [2.75, 3.05) is 5.75 Å². The molecule has 5 nitrogen and oxygen atoms in total. The van der Waals surface area contributed by atoms with E-state index >= 15 is 0 Å². The van der Waals surface area contributed by atoms with Gasteiger partial charge in [0.15, 0.2) is 0 Å². The number of hydrogen-bond acceptors (Lipinski definition) is 4. The maximum absolute atomic E-state index is 10.5. The lowest BCUT2D eigenvalue weighted by Crippen LogP contribution is -2.32. The van der Waals surface area contributed by atoms with Crippen LogP contribution in [0, 0.1) is 0 Å². The van der Waals surface area contributed by atoms with Gasteiger partial charge in [-0.25, -0.2) is 0 Å². The predicted molar refractivity (Wildman–Crippen MR) is 69.0 cm³/mol. The number of thioether (sulfide) groups is 1. The van der Waals surface area contributed by atoms with Gasteiger partial charge in [0.05, 0.1) is 5.69 Å². The summed E-state index contributed by atoms with van der Waals surface area (Å²) in [6, 6.07) is 1.57. The van der Waals surface area contributed by atoms with E-state index in [0.29, 0.717) is 17.5 Å². The van der Waals surface area contributed by atoms with Crippen molar-refractivity contribution in [3.63, 3.8) is 0 Å². The van der Waals surface area contributed by atoms with Gasteiger partial charge in [-0.2, -0.15) is 16.9 Å². The smallest absolute Gasteiger partial charge is 0.321 e. The van der Waals surface area contributed by atoms with Gasteiger partial charge < -0.3 is 10.8 Å². The van der Waals surface area contributed by atoms with E-state index in [4.69, 9.17) is 10.8 Å². The van der Waals surface area contributed by atoms with Crippen LogP contribution in [0.3, 0.4) is 0 Å². The zero-order valence-corrected chi connectivity index (χ0v) is 11.0. The van der Waals surface area contributed by atoms with Crippen molar-refractivity contribution in [3.05, 3.63) is 18.0 Å². The molecule has 0 radical (unpaired) electrons. The summed E-state index contributed by atoms with van der Waals surface area (Å²) in [5, 5.41) is 13.1. The highest BCUT2D eigenvalue weighted by Crippen LogP contribution is 2.14. The summed E-state index contributed by atoms with van der Waals surface area (Å²) in [5.41, 5.74) is 6.38. The number of rotatable bonds is 7. The van der Waals surface area contributed by atoms with Gasteiger partial charge in [0, 0.05) is 23.7 Å². The van der Waals surface area contributed by atoms with Crippen LogP contribution in [0.4, 0.5) is 0 Å². The Labute approximate surface area is 105 Å². The fraction of sp³-hybridized carbons (Fsp3) is 0.636. The zero-order valence-electron chi connectivity index (χ0n) is 10.2. The summed E-state index contributed by atoms with van der Waals surface area (Å²) < 4.78 is 1.94. The average molecular weight is 257 g/mol. The molecule has 1 aromatic heterocycles. The quantitative estimate of drug-likeness (QED) is 0.773. The maximum atomic E-state index is 10.5. The Hall–Kier alpha value is -1.01. The van der Waals surface area contributed by atoms with Crippen LogP contribution in [0.25, 0.3) is 0 Å². The van der Waals surface area contributed by atoms with Gasteiger partial charge in [0.1, 0.15) is 6.04 Å². The van der Waals surface area contributed by atoms with E-state index in [-0.39, 0.29) is 0 Å². The third-order valence-corrected chi connectivity index (χ3v) is 3.67. The fourth-order valence-corrected chi connectivity index (χ4v) is 2.13. The number of carboxylic acid groups (broad SMARTS) is 1. The van der Waals surface area contributed by atoms with Crippen LogP contribution in [0.15, 0.2) is 12.3 Å². The van der Waals surface area contributed by atoms with Crippen molar-refractivity contribution in [1.29, 1.82) is 0 Å². The van der Waals surface area contributed by atoms with Crippen LogP contribution in [0.5, 0.6) is 0 Å². The van der Waals surface area contributed by atoms with Gasteiger partial charge in [-0.15, -0.1) is 0 Å². The molecule has 0 fully saturated rings. The molecular weight excluding hydrogens is 238 g/mol. The van der Waals surface area contributed by atoms with Crippen LogP contribution >= 0.6 is 11.8 Å². The molecule has 2 unspecified atom stereocenters. The molecule has 1 aromatic rings. The third kappa shape index (κ3) is 4.40. The highest BCUT2D eigenvalue weighted by molar-refractivity contribution is 7.98. The molecule has 0 spiro atoms. The zero-order chi connectivity index (χ0) is 12.8. The SMILES string of the molecule is CCC(C)n1ccc(CSCC(N)C(=O)O)n1. The normalized spacial score (nSPS) is 14.5. The van der Waals surface area contributed by atoms with Gasteiger partial charge in [-0.1, -0.05) is 6.92 Å².